The maximum Gasteiger partial charge on any atom is 0.269 e. The molecule has 122 valence electrons. The molecule has 1 N–H and O–H groups in total. The summed E-state index contributed by atoms with van der Waals surface area (Å²) in [5, 5.41) is 13.9. The predicted octanol–water partition coefficient (Wildman–Crippen LogP) is 3.26. The summed E-state index contributed by atoms with van der Waals surface area (Å²) in [5.74, 6) is 0. The van der Waals surface area contributed by atoms with Crippen LogP contribution in [0.2, 0.25) is 0 Å². The van der Waals surface area contributed by atoms with Gasteiger partial charge in [0.05, 0.1) is 4.92 Å². The topological polar surface area (TPSA) is 58.4 Å². The third-order valence-corrected chi connectivity index (χ3v) is 3.20. The molecule has 0 heterocycles. The van der Waals surface area contributed by atoms with E-state index >= 15 is 0 Å². The number of rotatable bonds is 9. The first kappa shape index (κ1) is 22.4. The van der Waals surface area contributed by atoms with Crippen LogP contribution in [0.25, 0.3) is 0 Å². The minimum absolute atomic E-state index is 0. The van der Waals surface area contributed by atoms with Crippen molar-refractivity contribution in [3.63, 3.8) is 0 Å². The normalized spacial score (nSPS) is 9.86. The van der Waals surface area contributed by atoms with Gasteiger partial charge in [0.25, 0.3) is 5.69 Å². The second kappa shape index (κ2) is 12.8. The zero-order valence-corrected chi connectivity index (χ0v) is 14.2. The smallest absolute Gasteiger partial charge is 0.269 e. The Kier molecular flexibility index (Phi) is 13.7. The van der Waals surface area contributed by atoms with Crippen LogP contribution in [-0.2, 0) is 6.54 Å². The summed E-state index contributed by atoms with van der Waals surface area (Å²) >= 11 is 0. The van der Waals surface area contributed by atoms with E-state index in [9.17, 15) is 10.1 Å². The van der Waals surface area contributed by atoms with Crippen molar-refractivity contribution in [3.8, 4) is 0 Å². The molecule has 1 aromatic carbocycles. The molecule has 0 amide bonds. The summed E-state index contributed by atoms with van der Waals surface area (Å²) in [5.41, 5.74) is 1.22. The van der Waals surface area contributed by atoms with E-state index in [2.05, 4.69) is 24.1 Å². The molecule has 0 spiro atoms. The van der Waals surface area contributed by atoms with Crippen LogP contribution < -0.4 is 5.32 Å². The summed E-state index contributed by atoms with van der Waals surface area (Å²) < 4.78 is 0. The van der Waals surface area contributed by atoms with Gasteiger partial charge in [0.1, 0.15) is 0 Å². The van der Waals surface area contributed by atoms with Gasteiger partial charge >= 0.3 is 0 Å². The molecule has 0 aliphatic heterocycles. The Morgan fingerprint density at radius 2 is 1.71 bits per heavy atom. The van der Waals surface area contributed by atoms with E-state index in [0.29, 0.717) is 0 Å². The Labute approximate surface area is 139 Å². The van der Waals surface area contributed by atoms with Gasteiger partial charge in [-0.1, -0.05) is 26.0 Å². The molecule has 0 bridgehead atoms. The Balaban J connectivity index is 0. The van der Waals surface area contributed by atoms with Crippen molar-refractivity contribution in [2.24, 2.45) is 0 Å². The minimum Gasteiger partial charge on any atom is -0.313 e. The van der Waals surface area contributed by atoms with Crippen LogP contribution in [0.4, 0.5) is 5.69 Å². The van der Waals surface area contributed by atoms with Gasteiger partial charge in [0.15, 0.2) is 0 Å². The molecular formula is C14H25Cl2N3O2. The van der Waals surface area contributed by atoms with Gasteiger partial charge in [-0.05, 0) is 38.2 Å². The molecule has 0 aliphatic rings. The maximum absolute atomic E-state index is 10.5. The number of hydrogen-bond donors (Lipinski definition) is 1. The van der Waals surface area contributed by atoms with E-state index in [1.165, 1.54) is 0 Å². The van der Waals surface area contributed by atoms with Crippen LogP contribution in [0.1, 0.15) is 25.8 Å². The highest BCUT2D eigenvalue weighted by molar-refractivity contribution is 5.85. The van der Waals surface area contributed by atoms with E-state index in [1.807, 2.05) is 0 Å². The number of nitro benzene ring substituents is 1. The average Bonchev–Trinajstić information content (AvgIpc) is 2.43. The standard InChI is InChI=1S/C14H23N3O2.2ClH/c1-3-16(4-2)11-5-10-15-12-13-6-8-14(9-7-13)17(18)19;;/h6-9,15H,3-5,10-12H2,1-2H3;2*1H. The van der Waals surface area contributed by atoms with Crippen LogP contribution in [0, 0.1) is 10.1 Å². The summed E-state index contributed by atoms with van der Waals surface area (Å²) in [6, 6.07) is 6.70. The molecule has 0 saturated carbocycles. The number of nitrogens with zero attached hydrogens (tertiary/aromatic N) is 2. The highest BCUT2D eigenvalue weighted by Crippen LogP contribution is 2.11. The monoisotopic (exact) mass is 337 g/mol. The average molecular weight is 338 g/mol. The van der Waals surface area contributed by atoms with Crippen LogP contribution in [0.3, 0.4) is 0 Å². The van der Waals surface area contributed by atoms with Gasteiger partial charge in [0, 0.05) is 18.7 Å². The third kappa shape index (κ3) is 8.88. The van der Waals surface area contributed by atoms with Crippen molar-refractivity contribution in [2.45, 2.75) is 26.8 Å². The lowest BCUT2D eigenvalue weighted by Crippen LogP contribution is -2.27. The Morgan fingerprint density at radius 1 is 1.14 bits per heavy atom. The molecule has 0 saturated heterocycles. The SMILES string of the molecule is CCN(CC)CCCNCc1ccc([N+](=O)[O-])cc1.Cl.Cl. The van der Waals surface area contributed by atoms with Crippen LogP contribution >= 0.6 is 24.8 Å². The number of halogens is 2. The molecule has 0 unspecified atom stereocenters. The molecule has 0 atom stereocenters. The first-order chi connectivity index (χ1) is 9.17. The van der Waals surface area contributed by atoms with Crippen molar-refractivity contribution in [2.75, 3.05) is 26.2 Å². The van der Waals surface area contributed by atoms with E-state index in [-0.39, 0.29) is 35.4 Å². The molecule has 1 aromatic rings. The fourth-order valence-electron chi connectivity index (χ4n) is 1.94. The van der Waals surface area contributed by atoms with Crippen LogP contribution in [-0.4, -0.2) is 36.0 Å². The van der Waals surface area contributed by atoms with Gasteiger partial charge < -0.3 is 10.2 Å². The molecule has 0 fully saturated rings. The second-order valence-electron chi connectivity index (χ2n) is 4.48. The van der Waals surface area contributed by atoms with Gasteiger partial charge in [0.2, 0.25) is 0 Å². The Morgan fingerprint density at radius 3 is 2.19 bits per heavy atom. The number of benzene rings is 1. The molecule has 0 radical (unpaired) electrons. The fourth-order valence-corrected chi connectivity index (χ4v) is 1.94. The van der Waals surface area contributed by atoms with Gasteiger partial charge in [-0.15, -0.1) is 24.8 Å². The molecule has 0 aliphatic carbocycles. The number of non-ortho nitro benzene ring substituents is 1. The third-order valence-electron chi connectivity index (χ3n) is 3.20. The van der Waals surface area contributed by atoms with Gasteiger partial charge in [-0.3, -0.25) is 10.1 Å². The van der Waals surface area contributed by atoms with Crippen LogP contribution in [0.15, 0.2) is 24.3 Å². The van der Waals surface area contributed by atoms with Crippen molar-refractivity contribution in [1.29, 1.82) is 0 Å². The maximum atomic E-state index is 10.5. The molecular weight excluding hydrogens is 313 g/mol. The number of hydrogen-bond acceptors (Lipinski definition) is 4. The van der Waals surface area contributed by atoms with Crippen molar-refractivity contribution in [1.82, 2.24) is 10.2 Å². The lowest BCUT2D eigenvalue weighted by Gasteiger charge is -2.17. The van der Waals surface area contributed by atoms with E-state index in [0.717, 1.165) is 44.7 Å². The molecule has 0 aromatic heterocycles. The highest BCUT2D eigenvalue weighted by atomic mass is 35.5. The van der Waals surface area contributed by atoms with Crippen molar-refractivity contribution < 1.29 is 4.92 Å². The summed E-state index contributed by atoms with van der Waals surface area (Å²) in [6.45, 7) is 9.38. The van der Waals surface area contributed by atoms with E-state index < -0.39 is 0 Å². The first-order valence-corrected chi connectivity index (χ1v) is 6.83. The van der Waals surface area contributed by atoms with Gasteiger partial charge in [-0.2, -0.15) is 0 Å². The lowest BCUT2D eigenvalue weighted by atomic mass is 10.2. The summed E-state index contributed by atoms with van der Waals surface area (Å²) in [7, 11) is 0. The summed E-state index contributed by atoms with van der Waals surface area (Å²) in [6.07, 6.45) is 1.12. The van der Waals surface area contributed by atoms with E-state index in [1.54, 1.807) is 24.3 Å². The predicted molar refractivity (Wildman–Crippen MR) is 91.7 cm³/mol. The molecule has 7 heteroatoms. The molecule has 21 heavy (non-hydrogen) atoms. The molecule has 1 rings (SSSR count). The van der Waals surface area contributed by atoms with Crippen molar-refractivity contribution >= 4 is 30.5 Å². The van der Waals surface area contributed by atoms with Gasteiger partial charge in [-0.25, -0.2) is 0 Å². The molecule has 5 nitrogen and oxygen atoms in total. The second-order valence-corrected chi connectivity index (χ2v) is 4.48. The van der Waals surface area contributed by atoms with Crippen molar-refractivity contribution in [3.05, 3.63) is 39.9 Å². The Hall–Kier alpha value is -0.880. The van der Waals surface area contributed by atoms with E-state index in [4.69, 9.17) is 0 Å². The summed E-state index contributed by atoms with van der Waals surface area (Å²) in [4.78, 5) is 12.5. The quantitative estimate of drug-likeness (QED) is 0.427. The Bertz CT molecular complexity index is 384. The lowest BCUT2D eigenvalue weighted by molar-refractivity contribution is -0.384. The zero-order valence-electron chi connectivity index (χ0n) is 12.6. The largest absolute Gasteiger partial charge is 0.313 e. The van der Waals surface area contributed by atoms with Crippen LogP contribution in [0.5, 0.6) is 0 Å². The number of nitro groups is 1. The fraction of sp³-hybridized carbons (Fsp3) is 0.571. The minimum atomic E-state index is -0.374. The zero-order chi connectivity index (χ0) is 14.1. The first-order valence-electron chi connectivity index (χ1n) is 6.83. The number of nitrogens with one attached hydrogen (secondary N) is 1. The highest BCUT2D eigenvalue weighted by Gasteiger charge is 2.03.